The van der Waals surface area contributed by atoms with E-state index >= 15 is 0 Å². The van der Waals surface area contributed by atoms with Crippen molar-refractivity contribution in [3.63, 3.8) is 0 Å². The zero-order chi connectivity index (χ0) is 21.6. The molecule has 8 heteroatoms. The number of aromatic nitrogens is 2. The molecule has 31 heavy (non-hydrogen) atoms. The van der Waals surface area contributed by atoms with Gasteiger partial charge in [-0.3, -0.25) is 4.79 Å². The average molecular weight is 438 g/mol. The topological polar surface area (TPSA) is 77.2 Å². The Morgan fingerprint density at radius 2 is 1.81 bits per heavy atom. The molecular formula is C23H17ClFN3O3. The predicted molar refractivity (Wildman–Crippen MR) is 114 cm³/mol. The molecule has 6 nitrogen and oxygen atoms in total. The largest absolute Gasteiger partial charge is 0.484 e. The number of amides is 1. The Hall–Kier alpha value is -3.71. The van der Waals surface area contributed by atoms with Crippen molar-refractivity contribution >= 4 is 17.5 Å². The van der Waals surface area contributed by atoms with Crippen LogP contribution >= 0.6 is 11.6 Å². The molecule has 156 valence electrons. The van der Waals surface area contributed by atoms with Crippen LogP contribution in [0, 0.1) is 5.82 Å². The molecule has 0 aliphatic rings. The van der Waals surface area contributed by atoms with Crippen molar-refractivity contribution in [2.24, 2.45) is 0 Å². The van der Waals surface area contributed by atoms with Gasteiger partial charge in [0.05, 0.1) is 0 Å². The molecule has 0 saturated carbocycles. The van der Waals surface area contributed by atoms with Crippen LogP contribution in [0.2, 0.25) is 5.02 Å². The first-order valence-corrected chi connectivity index (χ1v) is 9.79. The summed E-state index contributed by atoms with van der Waals surface area (Å²) in [6, 6.07) is 20.5. The number of hydrogen-bond acceptors (Lipinski definition) is 5. The second-order valence-electron chi connectivity index (χ2n) is 6.61. The lowest BCUT2D eigenvalue weighted by Crippen LogP contribution is -2.28. The van der Waals surface area contributed by atoms with E-state index in [1.54, 1.807) is 24.3 Å². The van der Waals surface area contributed by atoms with Gasteiger partial charge in [0, 0.05) is 22.7 Å². The second kappa shape index (κ2) is 9.40. The number of rotatable bonds is 7. The van der Waals surface area contributed by atoms with E-state index in [1.807, 2.05) is 30.3 Å². The van der Waals surface area contributed by atoms with Crippen molar-refractivity contribution < 1.29 is 18.4 Å². The van der Waals surface area contributed by atoms with Gasteiger partial charge in [-0.25, -0.2) is 4.39 Å². The van der Waals surface area contributed by atoms with E-state index < -0.39 is 5.82 Å². The average Bonchev–Trinajstić information content (AvgIpc) is 3.28. The smallest absolute Gasteiger partial charge is 0.258 e. The van der Waals surface area contributed by atoms with E-state index in [2.05, 4.69) is 15.5 Å². The summed E-state index contributed by atoms with van der Waals surface area (Å²) in [6.07, 6.45) is 0. The van der Waals surface area contributed by atoms with Crippen LogP contribution in [-0.4, -0.2) is 22.7 Å². The lowest BCUT2D eigenvalue weighted by atomic mass is 10.2. The van der Waals surface area contributed by atoms with E-state index in [4.69, 9.17) is 20.9 Å². The molecule has 0 fully saturated rings. The molecule has 0 spiro atoms. The minimum Gasteiger partial charge on any atom is -0.484 e. The molecule has 0 unspecified atom stereocenters. The normalized spacial score (nSPS) is 10.6. The molecule has 0 atom stereocenters. The molecule has 4 rings (SSSR count). The van der Waals surface area contributed by atoms with Gasteiger partial charge in [-0.15, -0.1) is 0 Å². The zero-order valence-corrected chi connectivity index (χ0v) is 17.0. The van der Waals surface area contributed by atoms with Crippen LogP contribution in [0.1, 0.15) is 5.56 Å². The van der Waals surface area contributed by atoms with Crippen LogP contribution < -0.4 is 10.1 Å². The molecule has 1 N–H and O–H groups in total. The van der Waals surface area contributed by atoms with E-state index in [9.17, 15) is 9.18 Å². The van der Waals surface area contributed by atoms with Crippen LogP contribution in [-0.2, 0) is 11.3 Å². The third kappa shape index (κ3) is 5.26. The van der Waals surface area contributed by atoms with Crippen LogP contribution in [0.4, 0.5) is 4.39 Å². The number of carbonyl (C=O) groups is 1. The summed E-state index contributed by atoms with van der Waals surface area (Å²) in [5.41, 5.74) is 2.22. The van der Waals surface area contributed by atoms with Gasteiger partial charge in [-0.05, 0) is 42.0 Å². The summed E-state index contributed by atoms with van der Waals surface area (Å²) in [7, 11) is 0. The van der Waals surface area contributed by atoms with Crippen LogP contribution in [0.3, 0.4) is 0 Å². The van der Waals surface area contributed by atoms with Gasteiger partial charge >= 0.3 is 0 Å². The highest BCUT2D eigenvalue weighted by atomic mass is 35.5. The van der Waals surface area contributed by atoms with Gasteiger partial charge < -0.3 is 14.6 Å². The standard InChI is InChI=1S/C23H17ClFN3O3/c24-20-12-18(25)9-6-17(20)13-26-21(29)14-30-19-10-7-16(8-11-19)23-27-22(28-31-23)15-4-2-1-3-5-15/h1-12H,13-14H2,(H,26,29). The first kappa shape index (κ1) is 20.6. The number of nitrogens with zero attached hydrogens (tertiary/aromatic N) is 2. The molecule has 1 aromatic heterocycles. The number of hydrogen-bond donors (Lipinski definition) is 1. The zero-order valence-electron chi connectivity index (χ0n) is 16.2. The summed E-state index contributed by atoms with van der Waals surface area (Å²) in [5, 5.41) is 6.94. The Balaban J connectivity index is 1.30. The van der Waals surface area contributed by atoms with Crippen molar-refractivity contribution in [2.45, 2.75) is 6.54 Å². The van der Waals surface area contributed by atoms with Crippen molar-refractivity contribution in [1.82, 2.24) is 15.5 Å². The quantitative estimate of drug-likeness (QED) is 0.445. The molecule has 0 bridgehead atoms. The fourth-order valence-corrected chi connectivity index (χ4v) is 3.03. The fraction of sp³-hybridized carbons (Fsp3) is 0.0870. The SMILES string of the molecule is O=C(COc1ccc(-c2nc(-c3ccccc3)no2)cc1)NCc1ccc(F)cc1Cl. The molecule has 4 aromatic rings. The van der Waals surface area contributed by atoms with Crippen LogP contribution in [0.5, 0.6) is 5.75 Å². The number of halogens is 2. The van der Waals surface area contributed by atoms with Gasteiger partial charge in [-0.2, -0.15) is 4.98 Å². The third-order valence-electron chi connectivity index (χ3n) is 4.42. The monoisotopic (exact) mass is 437 g/mol. The van der Waals surface area contributed by atoms with Crippen LogP contribution in [0.25, 0.3) is 22.8 Å². The molecule has 0 aliphatic carbocycles. The van der Waals surface area contributed by atoms with Crippen molar-refractivity contribution in [1.29, 1.82) is 0 Å². The number of benzene rings is 3. The number of nitrogens with one attached hydrogen (secondary N) is 1. The van der Waals surface area contributed by atoms with E-state index in [0.29, 0.717) is 23.0 Å². The lowest BCUT2D eigenvalue weighted by molar-refractivity contribution is -0.123. The minimum atomic E-state index is -0.427. The summed E-state index contributed by atoms with van der Waals surface area (Å²) < 4.78 is 23.9. The van der Waals surface area contributed by atoms with Gasteiger partial charge in [0.25, 0.3) is 11.8 Å². The highest BCUT2D eigenvalue weighted by Crippen LogP contribution is 2.24. The first-order chi connectivity index (χ1) is 15.1. The van der Waals surface area contributed by atoms with Crippen molar-refractivity contribution in [3.05, 3.63) is 89.2 Å². The summed E-state index contributed by atoms with van der Waals surface area (Å²) in [4.78, 5) is 16.4. The highest BCUT2D eigenvalue weighted by molar-refractivity contribution is 6.31. The van der Waals surface area contributed by atoms with E-state index in [-0.39, 0.29) is 24.1 Å². The Labute approximate surface area is 182 Å². The molecule has 1 amide bonds. The molecule has 0 radical (unpaired) electrons. The molecular weight excluding hydrogens is 421 g/mol. The summed E-state index contributed by atoms with van der Waals surface area (Å²) >= 11 is 5.95. The van der Waals surface area contributed by atoms with Crippen LogP contribution in [0.15, 0.2) is 77.3 Å². The Bertz CT molecular complexity index is 1180. The second-order valence-corrected chi connectivity index (χ2v) is 7.02. The maximum absolute atomic E-state index is 13.1. The number of carbonyl (C=O) groups excluding carboxylic acids is 1. The number of ether oxygens (including phenoxy) is 1. The van der Waals surface area contributed by atoms with E-state index in [0.717, 1.165) is 11.1 Å². The maximum atomic E-state index is 13.1. The van der Waals surface area contributed by atoms with Crippen molar-refractivity contribution in [3.8, 4) is 28.6 Å². The predicted octanol–water partition coefficient (Wildman–Crippen LogP) is 4.89. The van der Waals surface area contributed by atoms with E-state index in [1.165, 1.54) is 18.2 Å². The highest BCUT2D eigenvalue weighted by Gasteiger charge is 2.11. The first-order valence-electron chi connectivity index (χ1n) is 9.41. The Morgan fingerprint density at radius 3 is 2.55 bits per heavy atom. The third-order valence-corrected chi connectivity index (χ3v) is 4.77. The minimum absolute atomic E-state index is 0.170. The van der Waals surface area contributed by atoms with Gasteiger partial charge in [0.2, 0.25) is 5.82 Å². The molecule has 3 aromatic carbocycles. The molecule has 0 aliphatic heterocycles. The molecule has 0 saturated heterocycles. The lowest BCUT2D eigenvalue weighted by Gasteiger charge is -2.09. The van der Waals surface area contributed by atoms with Crippen molar-refractivity contribution in [2.75, 3.05) is 6.61 Å². The van der Waals surface area contributed by atoms with Gasteiger partial charge in [0.15, 0.2) is 6.61 Å². The summed E-state index contributed by atoms with van der Waals surface area (Å²) in [6.45, 7) is 0.0119. The fourth-order valence-electron chi connectivity index (χ4n) is 2.80. The van der Waals surface area contributed by atoms with Gasteiger partial charge in [-0.1, -0.05) is 53.2 Å². The Kier molecular flexibility index (Phi) is 6.24. The maximum Gasteiger partial charge on any atom is 0.258 e. The summed E-state index contributed by atoms with van der Waals surface area (Å²) in [5.74, 6) is 0.659. The van der Waals surface area contributed by atoms with Gasteiger partial charge in [0.1, 0.15) is 11.6 Å². The Morgan fingerprint density at radius 1 is 1.03 bits per heavy atom. The molecule has 1 heterocycles.